The fourth-order valence-corrected chi connectivity index (χ4v) is 6.54. The number of benzene rings is 1. The second-order valence-corrected chi connectivity index (χ2v) is 12.2. The largest absolute Gasteiger partial charge is 0.371 e. The first-order valence-electron chi connectivity index (χ1n) is 13.8. The molecule has 2 aliphatic carbocycles. The topological polar surface area (TPSA) is 33.5 Å². The van der Waals surface area contributed by atoms with Crippen molar-refractivity contribution in [3.05, 3.63) is 23.8 Å². The minimum absolute atomic E-state index is 0. The van der Waals surface area contributed by atoms with Crippen LogP contribution in [-0.2, 0) is 0 Å². The van der Waals surface area contributed by atoms with Gasteiger partial charge in [-0.1, -0.05) is 20.3 Å². The smallest absolute Gasteiger partial charge is 0.0657 e. The second kappa shape index (κ2) is 11.1. The quantitative estimate of drug-likeness (QED) is 0.480. The van der Waals surface area contributed by atoms with Crippen LogP contribution in [0.25, 0.3) is 0 Å². The Labute approximate surface area is 214 Å². The Morgan fingerprint density at radius 3 is 2.15 bits per heavy atom. The summed E-state index contributed by atoms with van der Waals surface area (Å²) in [7, 11) is 0. The van der Waals surface area contributed by atoms with E-state index in [2.05, 4.69) is 52.8 Å². The van der Waals surface area contributed by atoms with Crippen LogP contribution in [0.4, 0.5) is 11.4 Å². The Balaban J connectivity index is 0.00000274. The van der Waals surface area contributed by atoms with Crippen LogP contribution in [0, 0.1) is 28.6 Å². The van der Waals surface area contributed by atoms with Crippen molar-refractivity contribution in [3.8, 4) is 6.07 Å². The van der Waals surface area contributed by atoms with Crippen molar-refractivity contribution < 1.29 is 0 Å². The molecule has 0 radical (unpaired) electrons. The third-order valence-electron chi connectivity index (χ3n) is 9.29. The molecule has 2 saturated heterocycles. The minimum atomic E-state index is 0. The molecular weight excluding hydrogens is 440 g/mol. The lowest BCUT2D eigenvalue weighted by molar-refractivity contribution is 0.170. The van der Waals surface area contributed by atoms with Crippen molar-refractivity contribution >= 4 is 23.8 Å². The zero-order chi connectivity index (χ0) is 22.8. The highest BCUT2D eigenvalue weighted by Crippen LogP contribution is 2.46. The van der Waals surface area contributed by atoms with Crippen LogP contribution in [0.5, 0.6) is 0 Å². The molecule has 1 aromatic rings. The molecule has 0 atom stereocenters. The summed E-state index contributed by atoms with van der Waals surface area (Å²) < 4.78 is 0. The average molecular weight is 485 g/mol. The fraction of sp³-hybridized carbons (Fsp3) is 0.759. The molecule has 4 nitrogen and oxygen atoms in total. The number of hydrogen-bond donors (Lipinski definition) is 0. The predicted molar refractivity (Wildman–Crippen MR) is 145 cm³/mol. The van der Waals surface area contributed by atoms with Gasteiger partial charge in [-0.25, -0.2) is 0 Å². The van der Waals surface area contributed by atoms with E-state index >= 15 is 0 Å². The molecule has 5 rings (SSSR count). The van der Waals surface area contributed by atoms with Crippen LogP contribution in [-0.4, -0.2) is 50.7 Å². The van der Waals surface area contributed by atoms with E-state index in [-0.39, 0.29) is 18.3 Å². The van der Waals surface area contributed by atoms with Crippen LogP contribution in [0.1, 0.15) is 83.1 Å². The van der Waals surface area contributed by atoms with E-state index in [4.69, 9.17) is 0 Å². The van der Waals surface area contributed by atoms with Crippen molar-refractivity contribution in [1.82, 2.24) is 4.90 Å². The molecule has 4 fully saturated rings. The van der Waals surface area contributed by atoms with Crippen molar-refractivity contribution in [3.63, 3.8) is 0 Å². The first kappa shape index (κ1) is 25.6. The summed E-state index contributed by atoms with van der Waals surface area (Å²) in [5.41, 5.74) is 5.01. The summed E-state index contributed by atoms with van der Waals surface area (Å²) >= 11 is 0. The molecule has 4 aliphatic rings. The van der Waals surface area contributed by atoms with Gasteiger partial charge < -0.3 is 9.80 Å². The van der Waals surface area contributed by atoms with Crippen molar-refractivity contribution in [2.24, 2.45) is 17.3 Å². The SMILES string of the molecule is CC1(C)CCC(c2cc(N3CCC(C#N)CC3)ccc2N2CCN(CC3CCC3)CC2)CC1.Cl. The highest BCUT2D eigenvalue weighted by Gasteiger charge is 2.31. The number of anilines is 2. The third kappa shape index (κ3) is 5.85. The number of halogens is 1. The van der Waals surface area contributed by atoms with Gasteiger partial charge in [0, 0.05) is 63.1 Å². The Hall–Kier alpha value is -1.44. The van der Waals surface area contributed by atoms with Gasteiger partial charge in [0.25, 0.3) is 0 Å². The normalized spacial score (nSPS) is 24.9. The van der Waals surface area contributed by atoms with E-state index in [1.165, 1.54) is 89.0 Å². The standard InChI is InChI=1S/C29H44N4.ClH/c1-29(2)12-8-25(9-13-29)27-20-26(32-14-10-23(21-30)11-15-32)6-7-28(27)33-18-16-31(17-19-33)22-24-4-3-5-24;/h6-7,20,23-25H,3-5,8-19,22H2,1-2H3;1H. The van der Waals surface area contributed by atoms with Gasteiger partial charge in [-0.15, -0.1) is 12.4 Å². The highest BCUT2D eigenvalue weighted by molar-refractivity contribution is 5.85. The molecular formula is C29H45ClN4. The summed E-state index contributed by atoms with van der Waals surface area (Å²) in [5.74, 6) is 1.91. The number of nitriles is 1. The Morgan fingerprint density at radius 2 is 1.56 bits per heavy atom. The third-order valence-corrected chi connectivity index (χ3v) is 9.29. The van der Waals surface area contributed by atoms with Gasteiger partial charge in [-0.2, -0.15) is 5.26 Å². The van der Waals surface area contributed by atoms with E-state index < -0.39 is 0 Å². The van der Waals surface area contributed by atoms with Gasteiger partial charge in [0.2, 0.25) is 0 Å². The lowest BCUT2D eigenvalue weighted by Crippen LogP contribution is -2.48. The van der Waals surface area contributed by atoms with Gasteiger partial charge in [0.1, 0.15) is 0 Å². The molecule has 5 heteroatoms. The zero-order valence-electron chi connectivity index (χ0n) is 21.5. The maximum absolute atomic E-state index is 9.29. The number of piperidine rings is 1. The van der Waals surface area contributed by atoms with Crippen molar-refractivity contribution in [1.29, 1.82) is 5.26 Å². The van der Waals surface area contributed by atoms with Gasteiger partial charge in [0.15, 0.2) is 0 Å². The maximum atomic E-state index is 9.29. The molecule has 2 aliphatic heterocycles. The number of hydrogen-bond acceptors (Lipinski definition) is 4. The lowest BCUT2D eigenvalue weighted by atomic mass is 9.71. The molecule has 2 heterocycles. The first-order valence-corrected chi connectivity index (χ1v) is 13.8. The van der Waals surface area contributed by atoms with Crippen LogP contribution in [0.15, 0.2) is 18.2 Å². The number of rotatable bonds is 5. The molecule has 34 heavy (non-hydrogen) atoms. The Morgan fingerprint density at radius 1 is 0.882 bits per heavy atom. The zero-order valence-corrected chi connectivity index (χ0v) is 22.3. The molecule has 2 saturated carbocycles. The molecule has 1 aromatic carbocycles. The van der Waals surface area contributed by atoms with Crippen LogP contribution in [0.2, 0.25) is 0 Å². The summed E-state index contributed by atoms with van der Waals surface area (Å²) in [6.07, 6.45) is 11.7. The first-order chi connectivity index (χ1) is 16.0. The molecule has 0 bridgehead atoms. The minimum Gasteiger partial charge on any atom is -0.371 e. The Kier molecular flexibility index (Phi) is 8.36. The van der Waals surface area contributed by atoms with Crippen molar-refractivity contribution in [2.75, 3.05) is 55.6 Å². The molecule has 0 aromatic heterocycles. The van der Waals surface area contributed by atoms with Gasteiger partial charge in [0.05, 0.1) is 6.07 Å². The van der Waals surface area contributed by atoms with Crippen molar-refractivity contribution in [2.45, 2.75) is 77.6 Å². The molecule has 0 amide bonds. The van der Waals surface area contributed by atoms with E-state index in [1.54, 1.807) is 5.56 Å². The number of piperazine rings is 1. The fourth-order valence-electron chi connectivity index (χ4n) is 6.54. The van der Waals surface area contributed by atoms with Crippen LogP contribution >= 0.6 is 12.4 Å². The van der Waals surface area contributed by atoms with Crippen LogP contribution in [0.3, 0.4) is 0 Å². The van der Waals surface area contributed by atoms with Gasteiger partial charge in [-0.05, 0) is 92.4 Å². The lowest BCUT2D eigenvalue weighted by Gasteiger charge is -2.42. The van der Waals surface area contributed by atoms with E-state index in [0.29, 0.717) is 11.3 Å². The molecule has 0 unspecified atom stereocenters. The average Bonchev–Trinajstić information content (AvgIpc) is 2.82. The van der Waals surface area contributed by atoms with Gasteiger partial charge >= 0.3 is 0 Å². The summed E-state index contributed by atoms with van der Waals surface area (Å²) in [5, 5.41) is 9.29. The van der Waals surface area contributed by atoms with E-state index in [1.807, 2.05) is 0 Å². The molecule has 0 spiro atoms. The molecule has 188 valence electrons. The van der Waals surface area contributed by atoms with E-state index in [0.717, 1.165) is 31.8 Å². The molecule has 0 N–H and O–H groups in total. The highest BCUT2D eigenvalue weighted by atomic mass is 35.5. The second-order valence-electron chi connectivity index (χ2n) is 12.2. The monoisotopic (exact) mass is 484 g/mol. The van der Waals surface area contributed by atoms with Gasteiger partial charge in [-0.3, -0.25) is 4.90 Å². The predicted octanol–water partition coefficient (Wildman–Crippen LogP) is 6.45. The summed E-state index contributed by atoms with van der Waals surface area (Å²) in [6.45, 7) is 13.0. The summed E-state index contributed by atoms with van der Waals surface area (Å²) in [6, 6.07) is 9.85. The van der Waals surface area contributed by atoms with Crippen LogP contribution < -0.4 is 9.80 Å². The maximum Gasteiger partial charge on any atom is 0.0657 e. The van der Waals surface area contributed by atoms with E-state index in [9.17, 15) is 5.26 Å². The Bertz CT molecular complexity index is 832. The number of nitrogens with zero attached hydrogens (tertiary/aromatic N) is 4. The summed E-state index contributed by atoms with van der Waals surface area (Å²) in [4.78, 5) is 7.94.